The van der Waals surface area contributed by atoms with Crippen LogP contribution in [0.5, 0.6) is 0 Å². The van der Waals surface area contributed by atoms with Gasteiger partial charge in [-0.25, -0.2) is 9.37 Å². The minimum Gasteiger partial charge on any atom is -0.352 e. The SMILES string of the molecule is Cc1nc(CC(=O)NCc2ccc(F)c(Cl)c2)sc1C(=O)NC1CC1. The first-order chi connectivity index (χ1) is 11.9. The Bertz CT molecular complexity index is 820. The fourth-order valence-electron chi connectivity index (χ4n) is 2.27. The Balaban J connectivity index is 1.55. The molecule has 2 aromatic rings. The fourth-order valence-corrected chi connectivity index (χ4v) is 3.44. The van der Waals surface area contributed by atoms with Gasteiger partial charge < -0.3 is 10.6 Å². The first-order valence-electron chi connectivity index (χ1n) is 7.90. The topological polar surface area (TPSA) is 71.1 Å². The first-order valence-corrected chi connectivity index (χ1v) is 9.09. The number of hydrogen-bond acceptors (Lipinski definition) is 4. The van der Waals surface area contributed by atoms with Crippen molar-refractivity contribution in [1.29, 1.82) is 0 Å². The van der Waals surface area contributed by atoms with Crippen LogP contribution in [0.2, 0.25) is 5.02 Å². The molecule has 1 aromatic heterocycles. The van der Waals surface area contributed by atoms with Gasteiger partial charge in [-0.2, -0.15) is 0 Å². The molecule has 1 heterocycles. The molecule has 2 amide bonds. The van der Waals surface area contributed by atoms with Gasteiger partial charge in [-0.15, -0.1) is 11.3 Å². The van der Waals surface area contributed by atoms with Crippen LogP contribution in [0.15, 0.2) is 18.2 Å². The molecule has 0 saturated heterocycles. The van der Waals surface area contributed by atoms with Gasteiger partial charge in [0.2, 0.25) is 5.91 Å². The lowest BCUT2D eigenvalue weighted by atomic mass is 10.2. The third-order valence-corrected chi connectivity index (χ3v) is 5.19. The van der Waals surface area contributed by atoms with Gasteiger partial charge in [0, 0.05) is 12.6 Å². The van der Waals surface area contributed by atoms with Crippen LogP contribution < -0.4 is 10.6 Å². The highest BCUT2D eigenvalue weighted by atomic mass is 35.5. The number of aryl methyl sites for hydroxylation is 1. The molecule has 1 aromatic carbocycles. The molecule has 8 heteroatoms. The van der Waals surface area contributed by atoms with Crippen molar-refractivity contribution in [1.82, 2.24) is 15.6 Å². The molecule has 0 spiro atoms. The molecule has 0 radical (unpaired) electrons. The van der Waals surface area contributed by atoms with Crippen LogP contribution in [-0.2, 0) is 17.8 Å². The number of halogens is 2. The largest absolute Gasteiger partial charge is 0.352 e. The van der Waals surface area contributed by atoms with Gasteiger partial charge in [0.05, 0.1) is 17.1 Å². The molecule has 0 bridgehead atoms. The standard InChI is InChI=1S/C17H17ClFN3O2S/c1-9-16(17(24)22-11-3-4-11)25-15(21-9)7-14(23)20-8-10-2-5-13(19)12(18)6-10/h2,5-6,11H,3-4,7-8H2,1H3,(H,20,23)(H,22,24). The molecule has 0 unspecified atom stereocenters. The van der Waals surface area contributed by atoms with Crippen molar-refractivity contribution in [2.24, 2.45) is 0 Å². The summed E-state index contributed by atoms with van der Waals surface area (Å²) in [6.45, 7) is 2.01. The Morgan fingerprint density at radius 2 is 2.16 bits per heavy atom. The number of amides is 2. The summed E-state index contributed by atoms with van der Waals surface area (Å²) in [6.07, 6.45) is 2.13. The number of hydrogen-bond donors (Lipinski definition) is 2. The molecule has 25 heavy (non-hydrogen) atoms. The number of nitrogens with one attached hydrogen (secondary N) is 2. The van der Waals surface area contributed by atoms with Gasteiger partial charge in [0.25, 0.3) is 5.91 Å². The van der Waals surface area contributed by atoms with Crippen LogP contribution in [0.4, 0.5) is 4.39 Å². The summed E-state index contributed by atoms with van der Waals surface area (Å²) < 4.78 is 13.1. The van der Waals surface area contributed by atoms with E-state index in [2.05, 4.69) is 15.6 Å². The van der Waals surface area contributed by atoms with E-state index in [4.69, 9.17) is 11.6 Å². The molecule has 2 N–H and O–H groups in total. The highest BCUT2D eigenvalue weighted by Gasteiger charge is 2.26. The molecular weight excluding hydrogens is 365 g/mol. The van der Waals surface area contributed by atoms with Gasteiger partial charge in [0.15, 0.2) is 0 Å². The third-order valence-electron chi connectivity index (χ3n) is 3.75. The van der Waals surface area contributed by atoms with Crippen molar-refractivity contribution in [2.45, 2.75) is 38.8 Å². The fraction of sp³-hybridized carbons (Fsp3) is 0.353. The molecule has 1 aliphatic rings. The van der Waals surface area contributed by atoms with Crippen molar-refractivity contribution in [2.75, 3.05) is 0 Å². The van der Waals surface area contributed by atoms with Gasteiger partial charge in [0.1, 0.15) is 15.7 Å². The van der Waals surface area contributed by atoms with Crippen molar-refractivity contribution in [3.8, 4) is 0 Å². The summed E-state index contributed by atoms with van der Waals surface area (Å²) in [7, 11) is 0. The number of aromatic nitrogens is 1. The second kappa shape index (κ2) is 7.49. The van der Waals surface area contributed by atoms with E-state index in [0.29, 0.717) is 21.1 Å². The highest BCUT2D eigenvalue weighted by molar-refractivity contribution is 7.13. The Hall–Kier alpha value is -1.99. The Kier molecular flexibility index (Phi) is 5.34. The van der Waals surface area contributed by atoms with Crippen LogP contribution in [0.25, 0.3) is 0 Å². The average molecular weight is 382 g/mol. The predicted octanol–water partition coefficient (Wildman–Crippen LogP) is 3.00. The smallest absolute Gasteiger partial charge is 0.263 e. The maximum absolute atomic E-state index is 13.1. The second-order valence-electron chi connectivity index (χ2n) is 5.97. The molecular formula is C17H17ClFN3O2S. The summed E-state index contributed by atoms with van der Waals surface area (Å²) in [5.41, 5.74) is 1.34. The van der Waals surface area contributed by atoms with Gasteiger partial charge in [-0.1, -0.05) is 17.7 Å². The lowest BCUT2D eigenvalue weighted by Crippen LogP contribution is -2.25. The van der Waals surface area contributed by atoms with Crippen molar-refractivity contribution >= 4 is 34.8 Å². The minimum absolute atomic E-state index is 0.0219. The molecule has 1 aliphatic carbocycles. The number of benzene rings is 1. The molecule has 0 aliphatic heterocycles. The molecule has 1 fully saturated rings. The molecule has 5 nitrogen and oxygen atoms in total. The lowest BCUT2D eigenvalue weighted by molar-refractivity contribution is -0.120. The van der Waals surface area contributed by atoms with E-state index in [1.54, 1.807) is 13.0 Å². The van der Waals surface area contributed by atoms with E-state index in [-0.39, 0.29) is 35.8 Å². The monoisotopic (exact) mass is 381 g/mol. The normalized spacial score (nSPS) is 13.6. The van der Waals surface area contributed by atoms with Gasteiger partial charge >= 0.3 is 0 Å². The average Bonchev–Trinajstić information content (AvgIpc) is 3.29. The van der Waals surface area contributed by atoms with Crippen LogP contribution in [0, 0.1) is 12.7 Å². The number of nitrogens with zero attached hydrogens (tertiary/aromatic N) is 1. The maximum atomic E-state index is 13.1. The summed E-state index contributed by atoms with van der Waals surface area (Å²) >= 11 is 6.95. The number of carbonyl (C=O) groups excluding carboxylic acids is 2. The van der Waals surface area contributed by atoms with E-state index in [1.165, 1.54) is 23.5 Å². The third kappa shape index (κ3) is 4.76. The molecule has 3 rings (SSSR count). The Labute approximate surface area is 153 Å². The number of carbonyl (C=O) groups is 2. The Morgan fingerprint density at radius 1 is 1.40 bits per heavy atom. The Morgan fingerprint density at radius 3 is 2.84 bits per heavy atom. The number of thiazole rings is 1. The zero-order chi connectivity index (χ0) is 18.0. The first kappa shape index (κ1) is 17.8. The summed E-state index contributed by atoms with van der Waals surface area (Å²) in [5, 5.41) is 6.27. The van der Waals surface area contributed by atoms with Gasteiger partial charge in [-0.05, 0) is 37.5 Å². The maximum Gasteiger partial charge on any atom is 0.263 e. The molecule has 132 valence electrons. The zero-order valence-corrected chi connectivity index (χ0v) is 15.1. The molecule has 0 atom stereocenters. The lowest BCUT2D eigenvalue weighted by Gasteiger charge is -2.05. The summed E-state index contributed by atoms with van der Waals surface area (Å²) in [5.74, 6) is -0.833. The number of rotatable bonds is 6. The second-order valence-corrected chi connectivity index (χ2v) is 7.46. The summed E-state index contributed by atoms with van der Waals surface area (Å²) in [6, 6.07) is 4.59. The van der Waals surface area contributed by atoms with Gasteiger partial charge in [-0.3, -0.25) is 9.59 Å². The summed E-state index contributed by atoms with van der Waals surface area (Å²) in [4.78, 5) is 29.0. The molecule has 1 saturated carbocycles. The van der Waals surface area contributed by atoms with E-state index < -0.39 is 5.82 Å². The van der Waals surface area contributed by atoms with E-state index in [1.807, 2.05) is 0 Å². The van der Waals surface area contributed by atoms with Crippen molar-refractivity contribution in [3.63, 3.8) is 0 Å². The minimum atomic E-state index is -0.494. The van der Waals surface area contributed by atoms with Crippen LogP contribution >= 0.6 is 22.9 Å². The quantitative estimate of drug-likeness (QED) is 0.808. The van der Waals surface area contributed by atoms with Crippen LogP contribution in [0.1, 0.15) is 38.8 Å². The van der Waals surface area contributed by atoms with Crippen LogP contribution in [-0.4, -0.2) is 22.8 Å². The zero-order valence-electron chi connectivity index (χ0n) is 13.6. The van der Waals surface area contributed by atoms with Crippen molar-refractivity contribution in [3.05, 3.63) is 50.2 Å². The van der Waals surface area contributed by atoms with Crippen molar-refractivity contribution < 1.29 is 14.0 Å². The van der Waals surface area contributed by atoms with Crippen LogP contribution in [0.3, 0.4) is 0 Å². The van der Waals surface area contributed by atoms with E-state index >= 15 is 0 Å². The van der Waals surface area contributed by atoms with E-state index in [9.17, 15) is 14.0 Å². The predicted molar refractivity (Wildman–Crippen MR) is 94.3 cm³/mol. The van der Waals surface area contributed by atoms with E-state index in [0.717, 1.165) is 12.8 Å². The highest BCUT2D eigenvalue weighted by Crippen LogP contribution is 2.23.